The Morgan fingerprint density at radius 3 is 1.56 bits per heavy atom. The monoisotopic (exact) mass is 754 g/mol. The lowest BCUT2D eigenvalue weighted by Gasteiger charge is -2.28. The van der Waals surface area contributed by atoms with E-state index in [1.807, 2.05) is 12.1 Å². The van der Waals surface area contributed by atoms with Crippen LogP contribution >= 0.6 is 11.6 Å². The fourth-order valence-electron chi connectivity index (χ4n) is 8.46. The Morgan fingerprint density at radius 2 is 0.947 bits per heavy atom. The fourth-order valence-corrected chi connectivity index (χ4v) is 8.71. The van der Waals surface area contributed by atoms with Crippen LogP contribution < -0.4 is 14.5 Å². The normalized spacial score (nSPS) is 12.6. The standard InChI is InChI=1S/C53H39ClN2O/c1-53(2)48-31-29-45(35-47(48)46-30-28-44(34-49(46)53)55(40-18-5-3-6-19-40)41-20-7-4-8-21-41)57-51-23-13-22-50(52(51)54)56(42-26-24-36-14-9-11-16-38(36)32-42)43-27-25-37-15-10-12-17-39(37)33-43/h3-35H,1-2H3. The van der Waals surface area contributed by atoms with E-state index < -0.39 is 0 Å². The second-order valence-electron chi connectivity index (χ2n) is 15.2. The molecule has 3 nitrogen and oxygen atoms in total. The molecule has 1 aliphatic carbocycles. The molecule has 0 spiro atoms. The van der Waals surface area contributed by atoms with Crippen molar-refractivity contribution in [2.75, 3.05) is 9.80 Å². The lowest BCUT2D eigenvalue weighted by molar-refractivity contribution is 0.483. The van der Waals surface area contributed by atoms with Gasteiger partial charge in [-0.1, -0.05) is 141 Å². The predicted octanol–water partition coefficient (Wildman–Crippen LogP) is 15.7. The Morgan fingerprint density at radius 1 is 0.404 bits per heavy atom. The maximum absolute atomic E-state index is 7.41. The Hall–Kier alpha value is -6.81. The minimum atomic E-state index is -0.212. The number of fused-ring (bicyclic) bond motifs is 5. The molecule has 274 valence electrons. The zero-order valence-electron chi connectivity index (χ0n) is 31.7. The first-order valence-electron chi connectivity index (χ1n) is 19.4. The number of para-hydroxylation sites is 2. The number of hydrogen-bond donors (Lipinski definition) is 0. The average Bonchev–Trinajstić information content (AvgIpc) is 3.47. The van der Waals surface area contributed by atoms with Gasteiger partial charge in [-0.15, -0.1) is 0 Å². The van der Waals surface area contributed by atoms with Crippen LogP contribution in [0, 0.1) is 0 Å². The molecule has 0 saturated heterocycles. The molecule has 0 saturated carbocycles. The number of halogens is 1. The summed E-state index contributed by atoms with van der Waals surface area (Å²) in [7, 11) is 0. The molecule has 0 unspecified atom stereocenters. The van der Waals surface area contributed by atoms with Crippen molar-refractivity contribution < 1.29 is 4.74 Å². The van der Waals surface area contributed by atoms with Gasteiger partial charge >= 0.3 is 0 Å². The fraction of sp³-hybridized carbons (Fsp3) is 0.0566. The number of hydrogen-bond acceptors (Lipinski definition) is 3. The maximum Gasteiger partial charge on any atom is 0.148 e. The summed E-state index contributed by atoms with van der Waals surface area (Å²) >= 11 is 7.41. The van der Waals surface area contributed by atoms with Crippen molar-refractivity contribution in [2.24, 2.45) is 0 Å². The smallest absolute Gasteiger partial charge is 0.148 e. The molecule has 4 heteroatoms. The van der Waals surface area contributed by atoms with Gasteiger partial charge in [-0.2, -0.15) is 0 Å². The quantitative estimate of drug-likeness (QED) is 0.154. The lowest BCUT2D eigenvalue weighted by Crippen LogP contribution is -2.16. The van der Waals surface area contributed by atoms with E-state index in [2.05, 4.69) is 212 Å². The van der Waals surface area contributed by atoms with Gasteiger partial charge in [-0.25, -0.2) is 0 Å². The van der Waals surface area contributed by atoms with Crippen LogP contribution in [0.2, 0.25) is 5.02 Å². The zero-order chi connectivity index (χ0) is 38.5. The van der Waals surface area contributed by atoms with E-state index in [0.717, 1.165) is 50.6 Å². The molecule has 57 heavy (non-hydrogen) atoms. The second kappa shape index (κ2) is 14.0. The highest BCUT2D eigenvalue weighted by Gasteiger charge is 2.36. The van der Waals surface area contributed by atoms with Gasteiger partial charge in [0.15, 0.2) is 0 Å². The SMILES string of the molecule is CC1(C)c2ccc(Oc3cccc(N(c4ccc5ccccc5c4)c4ccc5ccccc5c4)c3Cl)cc2-c2ccc(N(c3ccccc3)c3ccccc3)cc21. The van der Waals surface area contributed by atoms with E-state index >= 15 is 0 Å². The minimum absolute atomic E-state index is 0.212. The Labute approximate surface area is 338 Å². The van der Waals surface area contributed by atoms with Crippen LogP contribution in [0.3, 0.4) is 0 Å². The van der Waals surface area contributed by atoms with Gasteiger partial charge in [0.1, 0.15) is 16.5 Å². The van der Waals surface area contributed by atoms with Gasteiger partial charge in [-0.05, 0) is 129 Å². The Kier molecular flexibility index (Phi) is 8.54. The minimum Gasteiger partial charge on any atom is -0.456 e. The van der Waals surface area contributed by atoms with E-state index in [4.69, 9.17) is 16.3 Å². The molecule has 0 radical (unpaired) electrons. The Balaban J connectivity index is 1.03. The van der Waals surface area contributed by atoms with Crippen molar-refractivity contribution in [2.45, 2.75) is 19.3 Å². The van der Waals surface area contributed by atoms with E-state index in [1.54, 1.807) is 0 Å². The molecule has 9 aromatic rings. The third-order valence-electron chi connectivity index (χ3n) is 11.3. The van der Waals surface area contributed by atoms with Crippen molar-refractivity contribution >= 4 is 67.3 Å². The number of rotatable bonds is 8. The van der Waals surface area contributed by atoms with Crippen molar-refractivity contribution in [3.8, 4) is 22.6 Å². The van der Waals surface area contributed by atoms with E-state index in [0.29, 0.717) is 10.8 Å². The molecule has 0 bridgehead atoms. The first kappa shape index (κ1) is 34.7. The molecule has 0 amide bonds. The number of ether oxygens (including phenoxy) is 1. The summed E-state index contributed by atoms with van der Waals surface area (Å²) in [5.41, 5.74) is 10.9. The molecular weight excluding hydrogens is 716 g/mol. The van der Waals surface area contributed by atoms with Crippen LogP contribution in [0.15, 0.2) is 200 Å². The molecule has 0 aromatic heterocycles. The van der Waals surface area contributed by atoms with E-state index in [1.165, 1.54) is 33.0 Å². The van der Waals surface area contributed by atoms with Gasteiger partial charge < -0.3 is 14.5 Å². The molecule has 0 aliphatic heterocycles. The molecule has 9 aromatic carbocycles. The van der Waals surface area contributed by atoms with Crippen molar-refractivity contribution in [3.63, 3.8) is 0 Å². The molecule has 0 heterocycles. The van der Waals surface area contributed by atoms with Gasteiger partial charge in [0.2, 0.25) is 0 Å². The van der Waals surface area contributed by atoms with Crippen molar-refractivity contribution in [1.82, 2.24) is 0 Å². The molecule has 0 fully saturated rings. The highest BCUT2D eigenvalue weighted by atomic mass is 35.5. The molecular formula is C53H39ClN2O. The van der Waals surface area contributed by atoms with E-state index in [9.17, 15) is 0 Å². The second-order valence-corrected chi connectivity index (χ2v) is 15.5. The highest BCUT2D eigenvalue weighted by Crippen LogP contribution is 2.52. The van der Waals surface area contributed by atoms with Gasteiger partial charge in [0, 0.05) is 33.9 Å². The van der Waals surface area contributed by atoms with Gasteiger partial charge in [0.05, 0.1) is 5.69 Å². The molecule has 10 rings (SSSR count). The van der Waals surface area contributed by atoms with Crippen LogP contribution in [-0.4, -0.2) is 0 Å². The molecule has 0 atom stereocenters. The van der Waals surface area contributed by atoms with Crippen LogP contribution in [-0.2, 0) is 5.41 Å². The third kappa shape index (κ3) is 6.17. The highest BCUT2D eigenvalue weighted by molar-refractivity contribution is 6.35. The lowest BCUT2D eigenvalue weighted by atomic mass is 9.82. The topological polar surface area (TPSA) is 15.7 Å². The largest absolute Gasteiger partial charge is 0.456 e. The van der Waals surface area contributed by atoms with Crippen molar-refractivity contribution in [3.05, 3.63) is 216 Å². The van der Waals surface area contributed by atoms with Gasteiger partial charge in [0.25, 0.3) is 0 Å². The van der Waals surface area contributed by atoms with Crippen LogP contribution in [0.25, 0.3) is 32.7 Å². The van der Waals surface area contributed by atoms with Crippen LogP contribution in [0.1, 0.15) is 25.0 Å². The first-order valence-corrected chi connectivity index (χ1v) is 19.7. The predicted molar refractivity (Wildman–Crippen MR) is 240 cm³/mol. The summed E-state index contributed by atoms with van der Waals surface area (Å²) in [6.07, 6.45) is 0. The van der Waals surface area contributed by atoms with Crippen molar-refractivity contribution in [1.29, 1.82) is 0 Å². The number of anilines is 6. The average molecular weight is 755 g/mol. The van der Waals surface area contributed by atoms with Crippen LogP contribution in [0.5, 0.6) is 11.5 Å². The first-order chi connectivity index (χ1) is 27.9. The molecule has 1 aliphatic rings. The van der Waals surface area contributed by atoms with Crippen LogP contribution in [0.4, 0.5) is 34.1 Å². The molecule has 0 N–H and O–H groups in total. The third-order valence-corrected chi connectivity index (χ3v) is 11.7. The Bertz CT molecular complexity index is 2820. The summed E-state index contributed by atoms with van der Waals surface area (Å²) in [4.78, 5) is 4.54. The zero-order valence-corrected chi connectivity index (χ0v) is 32.5. The van der Waals surface area contributed by atoms with Gasteiger partial charge in [-0.3, -0.25) is 0 Å². The summed E-state index contributed by atoms with van der Waals surface area (Å²) in [5.74, 6) is 1.33. The summed E-state index contributed by atoms with van der Waals surface area (Å²) in [6.45, 7) is 4.62. The summed E-state index contributed by atoms with van der Waals surface area (Å²) in [6, 6.07) is 70.4. The summed E-state index contributed by atoms with van der Waals surface area (Å²) in [5, 5.41) is 5.22. The van der Waals surface area contributed by atoms with E-state index in [-0.39, 0.29) is 5.41 Å². The number of benzene rings is 9. The summed E-state index contributed by atoms with van der Waals surface area (Å²) < 4.78 is 6.73. The number of nitrogens with zero attached hydrogens (tertiary/aromatic N) is 2. The maximum atomic E-state index is 7.41.